The van der Waals surface area contributed by atoms with Crippen molar-refractivity contribution in [2.45, 2.75) is 0 Å². The third kappa shape index (κ3) is 4.29. The van der Waals surface area contributed by atoms with Crippen LogP contribution in [0.1, 0.15) is 5.56 Å². The number of hydrogen-bond donors (Lipinski definition) is 0. The summed E-state index contributed by atoms with van der Waals surface area (Å²) in [5.74, 6) is 4.11. The van der Waals surface area contributed by atoms with E-state index >= 15 is 0 Å². The molecule has 0 unspecified atom stereocenters. The minimum absolute atomic E-state index is 0.106. The molecule has 5 rings (SSSR count). The van der Waals surface area contributed by atoms with E-state index in [1.54, 1.807) is 36.5 Å². The van der Waals surface area contributed by atoms with Gasteiger partial charge < -0.3 is 13.9 Å². The van der Waals surface area contributed by atoms with Gasteiger partial charge >= 0.3 is 0 Å². The first-order chi connectivity index (χ1) is 17.1. The quantitative estimate of drug-likeness (QED) is 0.216. The number of hydrogen-bond acceptors (Lipinski definition) is 6. The van der Waals surface area contributed by atoms with Gasteiger partial charge in [-0.25, -0.2) is 4.98 Å². The molecule has 2 aromatic heterocycles. The van der Waals surface area contributed by atoms with E-state index in [-0.39, 0.29) is 12.2 Å². The number of rotatable bonds is 6. The number of terminal acetylenes is 1. The van der Waals surface area contributed by atoms with Crippen LogP contribution in [0.25, 0.3) is 33.5 Å². The second-order valence-electron chi connectivity index (χ2n) is 7.48. The van der Waals surface area contributed by atoms with Gasteiger partial charge in [0.25, 0.3) is 5.56 Å². The maximum absolute atomic E-state index is 13.4. The summed E-state index contributed by atoms with van der Waals surface area (Å²) in [6.07, 6.45) is 6.84. The fourth-order valence-corrected chi connectivity index (χ4v) is 4.07. The topological polar surface area (TPSA) is 78.9 Å². The lowest BCUT2D eigenvalue weighted by Gasteiger charge is -2.11. The molecule has 0 aliphatic heterocycles. The molecular formula is C27H18BrN3O4. The van der Waals surface area contributed by atoms with Crippen LogP contribution in [0.5, 0.6) is 11.5 Å². The van der Waals surface area contributed by atoms with Crippen molar-refractivity contribution >= 4 is 44.0 Å². The number of benzene rings is 3. The molecule has 0 aliphatic rings. The monoisotopic (exact) mass is 527 g/mol. The summed E-state index contributed by atoms with van der Waals surface area (Å²) in [6, 6.07) is 20.0. The molecule has 0 radical (unpaired) electrons. The van der Waals surface area contributed by atoms with Gasteiger partial charge in [0.15, 0.2) is 17.3 Å². The fraction of sp³-hybridized carbons (Fsp3) is 0.0741. The number of nitrogens with zero attached hydrogens (tertiary/aromatic N) is 3. The van der Waals surface area contributed by atoms with Crippen LogP contribution in [0.3, 0.4) is 0 Å². The molecule has 7 nitrogen and oxygen atoms in total. The summed E-state index contributed by atoms with van der Waals surface area (Å²) in [7, 11) is 1.53. The molecule has 5 aromatic rings. The molecule has 0 aliphatic carbocycles. The number of methoxy groups -OCH3 is 1. The second kappa shape index (κ2) is 9.49. The molecule has 8 heteroatoms. The second-order valence-corrected chi connectivity index (χ2v) is 8.33. The van der Waals surface area contributed by atoms with Crippen LogP contribution in [-0.4, -0.2) is 29.6 Å². The highest BCUT2D eigenvalue weighted by Crippen LogP contribution is 2.33. The van der Waals surface area contributed by atoms with Crippen molar-refractivity contribution in [3.8, 4) is 35.4 Å². The molecule has 0 spiro atoms. The van der Waals surface area contributed by atoms with E-state index in [1.165, 1.54) is 11.8 Å². The standard InChI is InChI=1S/C27H18BrN3O4/c1-3-12-34-24-15-20(28)18(14-23(24)33-2)16-29-31-26(25-13-17-8-4-7-11-22(17)35-25)30-21-10-6-5-9-19(21)27(31)32/h1,4-11,13-16H,12H2,2H3. The van der Waals surface area contributed by atoms with E-state index in [9.17, 15) is 4.79 Å². The summed E-state index contributed by atoms with van der Waals surface area (Å²) in [4.78, 5) is 18.1. The van der Waals surface area contributed by atoms with Crippen molar-refractivity contribution in [1.82, 2.24) is 9.66 Å². The number of fused-ring (bicyclic) bond motifs is 2. The Balaban J connectivity index is 1.66. The smallest absolute Gasteiger partial charge is 0.282 e. The van der Waals surface area contributed by atoms with Crippen LogP contribution in [-0.2, 0) is 0 Å². The highest BCUT2D eigenvalue weighted by molar-refractivity contribution is 9.10. The Morgan fingerprint density at radius 1 is 1.14 bits per heavy atom. The molecule has 2 heterocycles. The van der Waals surface area contributed by atoms with Crippen molar-refractivity contribution in [1.29, 1.82) is 0 Å². The van der Waals surface area contributed by atoms with Crippen molar-refractivity contribution in [2.24, 2.45) is 5.10 Å². The zero-order chi connectivity index (χ0) is 24.4. The largest absolute Gasteiger partial charge is 0.493 e. The predicted molar refractivity (Wildman–Crippen MR) is 139 cm³/mol. The van der Waals surface area contributed by atoms with Gasteiger partial charge in [-0.05, 0) is 52.3 Å². The van der Waals surface area contributed by atoms with E-state index < -0.39 is 0 Å². The number of ether oxygens (including phenoxy) is 2. The van der Waals surface area contributed by atoms with E-state index in [0.29, 0.717) is 49.6 Å². The molecule has 3 aromatic carbocycles. The molecule has 172 valence electrons. The normalized spacial score (nSPS) is 11.2. The maximum Gasteiger partial charge on any atom is 0.282 e. The molecule has 0 saturated heterocycles. The molecule has 0 bridgehead atoms. The highest BCUT2D eigenvalue weighted by atomic mass is 79.9. The molecule has 0 atom stereocenters. The van der Waals surface area contributed by atoms with E-state index in [1.807, 2.05) is 36.4 Å². The SMILES string of the molecule is C#CCOc1cc(Br)c(C=Nn2c(-c3cc4ccccc4o3)nc3ccccc3c2=O)cc1OC. The predicted octanol–water partition coefficient (Wildman–Crippen LogP) is 5.48. The van der Waals surface area contributed by atoms with Gasteiger partial charge in [0.1, 0.15) is 12.2 Å². The fourth-order valence-electron chi connectivity index (χ4n) is 3.64. The molecule has 35 heavy (non-hydrogen) atoms. The van der Waals surface area contributed by atoms with Gasteiger partial charge in [0, 0.05) is 15.4 Å². The Morgan fingerprint density at radius 3 is 2.74 bits per heavy atom. The van der Waals surface area contributed by atoms with Gasteiger partial charge in [0.2, 0.25) is 5.82 Å². The van der Waals surface area contributed by atoms with E-state index in [4.69, 9.17) is 25.3 Å². The summed E-state index contributed by atoms with van der Waals surface area (Å²) in [5, 5.41) is 5.84. The molecule has 0 amide bonds. The summed E-state index contributed by atoms with van der Waals surface area (Å²) in [6.45, 7) is 0.106. The maximum atomic E-state index is 13.4. The van der Waals surface area contributed by atoms with Crippen molar-refractivity contribution in [2.75, 3.05) is 13.7 Å². The van der Waals surface area contributed by atoms with Gasteiger partial charge in [-0.15, -0.1) is 6.42 Å². The minimum Gasteiger partial charge on any atom is -0.493 e. The zero-order valence-electron chi connectivity index (χ0n) is 18.6. The molecule has 0 saturated carbocycles. The Morgan fingerprint density at radius 2 is 1.94 bits per heavy atom. The number of aromatic nitrogens is 2. The van der Waals surface area contributed by atoms with E-state index in [0.717, 1.165) is 5.39 Å². The van der Waals surface area contributed by atoms with E-state index in [2.05, 4.69) is 27.0 Å². The lowest BCUT2D eigenvalue weighted by molar-refractivity contribution is 0.330. The Kier molecular flexibility index (Phi) is 6.08. The highest BCUT2D eigenvalue weighted by Gasteiger charge is 2.17. The van der Waals surface area contributed by atoms with Crippen molar-refractivity contribution in [3.05, 3.63) is 87.1 Å². The van der Waals surface area contributed by atoms with Crippen LogP contribution >= 0.6 is 15.9 Å². The first-order valence-electron chi connectivity index (χ1n) is 10.6. The zero-order valence-corrected chi connectivity index (χ0v) is 20.2. The van der Waals surface area contributed by atoms with Gasteiger partial charge in [-0.1, -0.05) is 36.3 Å². The van der Waals surface area contributed by atoms with Crippen LogP contribution in [0.2, 0.25) is 0 Å². The number of para-hydroxylation sites is 2. The lowest BCUT2D eigenvalue weighted by Crippen LogP contribution is -2.20. The Labute approximate surface area is 208 Å². The van der Waals surface area contributed by atoms with Gasteiger partial charge in [-0.3, -0.25) is 4.79 Å². The Bertz CT molecular complexity index is 1660. The third-order valence-electron chi connectivity index (χ3n) is 5.31. The minimum atomic E-state index is -0.320. The molecule has 0 N–H and O–H groups in total. The first-order valence-corrected chi connectivity index (χ1v) is 11.4. The average Bonchev–Trinajstić information content (AvgIpc) is 3.32. The average molecular weight is 528 g/mol. The van der Waals surface area contributed by atoms with Crippen LogP contribution < -0.4 is 15.0 Å². The van der Waals surface area contributed by atoms with Gasteiger partial charge in [-0.2, -0.15) is 9.78 Å². The van der Waals surface area contributed by atoms with Crippen LogP contribution in [0.4, 0.5) is 0 Å². The molecular weight excluding hydrogens is 510 g/mol. The lowest BCUT2D eigenvalue weighted by atomic mass is 10.2. The van der Waals surface area contributed by atoms with Gasteiger partial charge in [0.05, 0.1) is 24.2 Å². The van der Waals surface area contributed by atoms with Crippen molar-refractivity contribution < 1.29 is 13.9 Å². The summed E-state index contributed by atoms with van der Waals surface area (Å²) >= 11 is 3.52. The van der Waals surface area contributed by atoms with Crippen LogP contribution in [0.15, 0.2) is 85.5 Å². The summed E-state index contributed by atoms with van der Waals surface area (Å²) < 4.78 is 18.9. The van der Waals surface area contributed by atoms with Crippen molar-refractivity contribution in [3.63, 3.8) is 0 Å². The summed E-state index contributed by atoms with van der Waals surface area (Å²) in [5.41, 5.74) is 1.58. The number of furan rings is 1. The number of halogens is 1. The third-order valence-corrected chi connectivity index (χ3v) is 5.99. The first kappa shape index (κ1) is 22.4. The Hall–Kier alpha value is -4.35. The molecule has 0 fully saturated rings. The van der Waals surface area contributed by atoms with Crippen LogP contribution in [0, 0.1) is 12.3 Å².